The molecule has 2 rings (SSSR count). The van der Waals surface area contributed by atoms with Gasteiger partial charge in [0.15, 0.2) is 13.1 Å². The first-order valence-electron chi connectivity index (χ1n) is 6.80. The Balaban J connectivity index is 1.82. The summed E-state index contributed by atoms with van der Waals surface area (Å²) in [4.78, 5) is 36.8. The van der Waals surface area contributed by atoms with Crippen LogP contribution in [-0.2, 0) is 14.3 Å². The molecule has 1 fully saturated rings. The third-order valence-electron chi connectivity index (χ3n) is 3.13. The number of benzene rings is 1. The van der Waals surface area contributed by atoms with Gasteiger partial charge in [-0.15, -0.1) is 0 Å². The monoisotopic (exact) mass is 326 g/mol. The number of hydrogen-bond acceptors (Lipinski definition) is 4. The highest BCUT2D eigenvalue weighted by Gasteiger charge is 2.30. The van der Waals surface area contributed by atoms with E-state index in [1.54, 1.807) is 31.3 Å². The van der Waals surface area contributed by atoms with E-state index in [1.807, 2.05) is 0 Å². The molecule has 1 aliphatic heterocycles. The fraction of sp³-hybridized carbons (Fsp3) is 0.357. The summed E-state index contributed by atoms with van der Waals surface area (Å²) in [6, 6.07) is 6.90. The van der Waals surface area contributed by atoms with Crippen molar-refractivity contribution < 1.29 is 24.0 Å². The van der Waals surface area contributed by atoms with Gasteiger partial charge in [-0.2, -0.15) is 0 Å². The molecule has 0 aliphatic carbocycles. The van der Waals surface area contributed by atoms with Crippen LogP contribution < -0.4 is 10.2 Å². The molecule has 118 valence electrons. The van der Waals surface area contributed by atoms with Gasteiger partial charge in [0.2, 0.25) is 0 Å². The van der Waals surface area contributed by atoms with E-state index in [-0.39, 0.29) is 38.1 Å². The topological polar surface area (TPSA) is 80.2 Å². The van der Waals surface area contributed by atoms with Crippen LogP contribution in [0.2, 0.25) is 5.02 Å². The number of likely N-dealkylation sites (N-methyl/N-ethyl adjacent to an activating group) is 1. The molecule has 2 N–H and O–H groups in total. The molecule has 0 spiro atoms. The van der Waals surface area contributed by atoms with E-state index < -0.39 is 6.09 Å². The number of nitrogens with zero attached hydrogens (tertiary/aromatic N) is 1. The number of quaternary nitrogens is 1. The number of halogens is 1. The van der Waals surface area contributed by atoms with Crippen LogP contribution >= 0.6 is 11.6 Å². The number of rotatable bonds is 5. The number of hydrogen-bond donors (Lipinski definition) is 2. The smallest absolute Gasteiger partial charge is 0.416 e. The highest BCUT2D eigenvalue weighted by Crippen LogP contribution is 2.19. The van der Waals surface area contributed by atoms with Gasteiger partial charge in [-0.25, -0.2) is 9.69 Å². The molecule has 0 saturated carbocycles. The van der Waals surface area contributed by atoms with E-state index in [0.29, 0.717) is 15.6 Å². The van der Waals surface area contributed by atoms with Crippen LogP contribution in [-0.4, -0.2) is 56.1 Å². The Morgan fingerprint density at radius 1 is 1.36 bits per heavy atom. The minimum absolute atomic E-state index is 0.0328. The first-order valence-corrected chi connectivity index (χ1v) is 7.18. The van der Waals surface area contributed by atoms with Crippen LogP contribution in [0.5, 0.6) is 0 Å². The average Bonchev–Trinajstić information content (AvgIpc) is 2.87. The zero-order chi connectivity index (χ0) is 16.1. The molecule has 3 amide bonds. The maximum Gasteiger partial charge on any atom is 0.416 e. The van der Waals surface area contributed by atoms with Crippen molar-refractivity contribution in [3.8, 4) is 0 Å². The minimum atomic E-state index is -0.627. The lowest BCUT2D eigenvalue weighted by molar-refractivity contribution is -0.862. The Bertz CT molecular complexity index is 593. The largest absolute Gasteiger partial charge is 0.447 e. The molecule has 0 radical (unpaired) electrons. The first-order chi connectivity index (χ1) is 10.5. The fourth-order valence-electron chi connectivity index (χ4n) is 2.07. The number of nitrogens with one attached hydrogen (secondary N) is 2. The molecule has 8 heteroatoms. The molecule has 1 unspecified atom stereocenters. The van der Waals surface area contributed by atoms with E-state index in [2.05, 4.69) is 5.32 Å². The summed E-state index contributed by atoms with van der Waals surface area (Å²) in [6.45, 7) is 0.596. The maximum atomic E-state index is 11.9. The second kappa shape index (κ2) is 7.24. The normalized spacial score (nSPS) is 15.4. The summed E-state index contributed by atoms with van der Waals surface area (Å²) in [7, 11) is 1.70. The van der Waals surface area contributed by atoms with E-state index in [9.17, 15) is 14.4 Å². The number of para-hydroxylation sites is 1. The molecular weight excluding hydrogens is 310 g/mol. The molecule has 7 nitrogen and oxygen atoms in total. The molecule has 1 aliphatic rings. The number of anilines is 1. The van der Waals surface area contributed by atoms with Crippen LogP contribution in [0.25, 0.3) is 0 Å². The van der Waals surface area contributed by atoms with Crippen molar-refractivity contribution in [1.82, 2.24) is 4.90 Å². The first kappa shape index (κ1) is 16.3. The van der Waals surface area contributed by atoms with Crippen LogP contribution in [0.1, 0.15) is 0 Å². The molecule has 1 aromatic carbocycles. The van der Waals surface area contributed by atoms with Gasteiger partial charge in [0.25, 0.3) is 11.8 Å². The number of ether oxygens (including phenoxy) is 1. The Labute approximate surface area is 132 Å². The van der Waals surface area contributed by atoms with Gasteiger partial charge in [-0.3, -0.25) is 9.59 Å². The zero-order valence-corrected chi connectivity index (χ0v) is 12.9. The molecule has 1 aromatic rings. The second-order valence-corrected chi connectivity index (χ2v) is 5.41. The fourth-order valence-corrected chi connectivity index (χ4v) is 2.25. The third kappa shape index (κ3) is 4.19. The Hall–Kier alpha value is -2.12. The molecule has 0 bridgehead atoms. The van der Waals surface area contributed by atoms with Gasteiger partial charge in [-0.1, -0.05) is 23.7 Å². The quantitative estimate of drug-likeness (QED) is 0.783. The minimum Gasteiger partial charge on any atom is -0.447 e. The zero-order valence-electron chi connectivity index (χ0n) is 12.1. The summed E-state index contributed by atoms with van der Waals surface area (Å²) in [5, 5.41) is 3.13. The maximum absolute atomic E-state index is 11.9. The Morgan fingerprint density at radius 2 is 2.09 bits per heavy atom. The van der Waals surface area contributed by atoms with E-state index in [1.165, 1.54) is 0 Å². The van der Waals surface area contributed by atoms with Crippen LogP contribution in [0.4, 0.5) is 10.5 Å². The molecular formula is C14H17ClN3O4+. The van der Waals surface area contributed by atoms with E-state index in [4.69, 9.17) is 16.3 Å². The van der Waals surface area contributed by atoms with Crippen LogP contribution in [0, 0.1) is 0 Å². The molecule has 1 saturated heterocycles. The summed E-state index contributed by atoms with van der Waals surface area (Å²) in [5.74, 6) is -0.618. The summed E-state index contributed by atoms with van der Waals surface area (Å²) in [6.07, 6.45) is -0.627. The van der Waals surface area contributed by atoms with Gasteiger partial charge in [0, 0.05) is 0 Å². The Morgan fingerprint density at radius 3 is 2.73 bits per heavy atom. The number of carbonyl (C=O) groups excluding carboxylic acids is 3. The van der Waals surface area contributed by atoms with Gasteiger partial charge < -0.3 is 15.0 Å². The van der Waals surface area contributed by atoms with Crippen molar-refractivity contribution in [3.63, 3.8) is 0 Å². The highest BCUT2D eigenvalue weighted by atomic mass is 35.5. The third-order valence-corrected chi connectivity index (χ3v) is 3.45. The van der Waals surface area contributed by atoms with Crippen molar-refractivity contribution in [1.29, 1.82) is 0 Å². The Kier molecular flexibility index (Phi) is 5.35. The van der Waals surface area contributed by atoms with Gasteiger partial charge in [0.05, 0.1) is 24.3 Å². The van der Waals surface area contributed by atoms with E-state index >= 15 is 0 Å². The number of carbonyl (C=O) groups is 3. The average molecular weight is 327 g/mol. The van der Waals surface area contributed by atoms with Crippen LogP contribution in [0.15, 0.2) is 24.3 Å². The van der Waals surface area contributed by atoms with Gasteiger partial charge >= 0.3 is 6.09 Å². The van der Waals surface area contributed by atoms with Crippen molar-refractivity contribution in [3.05, 3.63) is 29.3 Å². The van der Waals surface area contributed by atoms with Crippen molar-refractivity contribution in [2.45, 2.75) is 0 Å². The highest BCUT2D eigenvalue weighted by molar-refractivity contribution is 6.33. The van der Waals surface area contributed by atoms with Crippen molar-refractivity contribution >= 4 is 35.2 Å². The summed E-state index contributed by atoms with van der Waals surface area (Å²) in [5.41, 5.74) is 0.524. The number of imide groups is 1. The molecule has 1 heterocycles. The standard InChI is InChI=1S/C14H16ClN3O4/c1-17(9-13(20)18-6-7-22-14(18)21)8-12(19)16-11-5-3-2-4-10(11)15/h2-5H,6-9H2,1H3,(H,16,19)/p+1. The lowest BCUT2D eigenvalue weighted by Crippen LogP contribution is -3.11. The second-order valence-electron chi connectivity index (χ2n) is 5.00. The van der Waals surface area contributed by atoms with E-state index in [0.717, 1.165) is 4.90 Å². The predicted molar refractivity (Wildman–Crippen MR) is 79.8 cm³/mol. The summed E-state index contributed by atoms with van der Waals surface area (Å²) >= 11 is 5.96. The molecule has 0 aromatic heterocycles. The SMILES string of the molecule is C[NH+](CC(=O)Nc1ccccc1Cl)CC(=O)N1CCOC1=O. The lowest BCUT2D eigenvalue weighted by Gasteiger charge is -2.16. The number of amides is 3. The predicted octanol–water partition coefficient (Wildman–Crippen LogP) is -0.228. The summed E-state index contributed by atoms with van der Waals surface area (Å²) < 4.78 is 4.70. The molecule has 22 heavy (non-hydrogen) atoms. The van der Waals surface area contributed by atoms with Gasteiger partial charge in [-0.05, 0) is 12.1 Å². The number of cyclic esters (lactones) is 1. The van der Waals surface area contributed by atoms with Gasteiger partial charge in [0.1, 0.15) is 6.61 Å². The molecule has 1 atom stereocenters. The lowest BCUT2D eigenvalue weighted by atomic mass is 10.3. The van der Waals surface area contributed by atoms with Crippen LogP contribution in [0.3, 0.4) is 0 Å². The van der Waals surface area contributed by atoms with Crippen molar-refractivity contribution in [2.75, 3.05) is 38.6 Å². The van der Waals surface area contributed by atoms with Crippen molar-refractivity contribution in [2.24, 2.45) is 0 Å².